The van der Waals surface area contributed by atoms with Crippen LogP contribution in [0.2, 0.25) is 0 Å². The van der Waals surface area contributed by atoms with E-state index in [1.807, 2.05) is 0 Å². The first-order valence-electron chi connectivity index (χ1n) is 9.56. The van der Waals surface area contributed by atoms with Crippen molar-refractivity contribution in [3.63, 3.8) is 0 Å². The molecule has 5 N–H and O–H groups in total. The monoisotopic (exact) mass is 496 g/mol. The molecular formula is C19H25BrN6O5. The molecule has 1 fully saturated rings. The van der Waals surface area contributed by atoms with Crippen LogP contribution in [0.5, 0.6) is 0 Å². The predicted octanol–water partition coefficient (Wildman–Crippen LogP) is 1.07. The van der Waals surface area contributed by atoms with Gasteiger partial charge in [-0.25, -0.2) is 15.0 Å². The smallest absolute Gasteiger partial charge is 0.344 e. The van der Waals surface area contributed by atoms with Crippen LogP contribution in [0.3, 0.4) is 0 Å². The number of rotatable bonds is 8. The largest absolute Gasteiger partial charge is 0.355 e. The second-order valence-corrected chi connectivity index (χ2v) is 8.19. The molecular weight excluding hydrogens is 472 g/mol. The summed E-state index contributed by atoms with van der Waals surface area (Å²) in [7, 11) is 0. The van der Waals surface area contributed by atoms with Crippen molar-refractivity contribution in [1.29, 1.82) is 0 Å². The minimum Gasteiger partial charge on any atom is -0.355 e. The number of carbonyl (C=O) groups is 5. The van der Waals surface area contributed by atoms with E-state index in [9.17, 15) is 24.0 Å². The molecule has 1 heterocycles. The summed E-state index contributed by atoms with van der Waals surface area (Å²) < 4.78 is 0.824. The molecule has 0 bridgehead atoms. The van der Waals surface area contributed by atoms with Crippen LogP contribution in [-0.4, -0.2) is 53.4 Å². The lowest BCUT2D eigenvalue weighted by molar-refractivity contribution is -0.138. The van der Waals surface area contributed by atoms with Crippen LogP contribution in [0.1, 0.15) is 27.2 Å². The molecule has 168 valence electrons. The van der Waals surface area contributed by atoms with Gasteiger partial charge in [-0.3, -0.25) is 14.4 Å². The zero-order valence-electron chi connectivity index (χ0n) is 17.4. The number of hydrazine groups is 1. The highest BCUT2D eigenvalue weighted by atomic mass is 79.9. The normalized spacial score (nSPS) is 17.9. The van der Waals surface area contributed by atoms with E-state index in [2.05, 4.69) is 42.6 Å². The molecule has 7 amide bonds. The van der Waals surface area contributed by atoms with E-state index in [-0.39, 0.29) is 25.4 Å². The van der Waals surface area contributed by atoms with E-state index >= 15 is 0 Å². The molecule has 0 aromatic heterocycles. The van der Waals surface area contributed by atoms with E-state index in [4.69, 9.17) is 0 Å². The van der Waals surface area contributed by atoms with Crippen molar-refractivity contribution in [3.8, 4) is 0 Å². The van der Waals surface area contributed by atoms with Gasteiger partial charge in [0.15, 0.2) is 0 Å². The third-order valence-electron chi connectivity index (χ3n) is 4.68. The molecule has 0 saturated carbocycles. The van der Waals surface area contributed by atoms with E-state index in [0.717, 1.165) is 4.47 Å². The van der Waals surface area contributed by atoms with Crippen molar-refractivity contribution < 1.29 is 24.0 Å². The SMILES string of the molecule is CC(=O)NCCNC(=O)CC1(C(C)C)NC(=O)N(NC(=O)Nc2ccc(Br)cc2)C1=O. The van der Waals surface area contributed by atoms with Crippen LogP contribution >= 0.6 is 15.9 Å². The summed E-state index contributed by atoms with van der Waals surface area (Å²) in [5.74, 6) is -1.88. The van der Waals surface area contributed by atoms with Gasteiger partial charge >= 0.3 is 12.1 Å². The van der Waals surface area contributed by atoms with Crippen molar-refractivity contribution in [1.82, 2.24) is 26.4 Å². The third-order valence-corrected chi connectivity index (χ3v) is 5.21. The lowest BCUT2D eigenvalue weighted by atomic mass is 9.83. The van der Waals surface area contributed by atoms with Gasteiger partial charge < -0.3 is 21.3 Å². The topological polar surface area (TPSA) is 149 Å². The zero-order valence-corrected chi connectivity index (χ0v) is 19.0. The van der Waals surface area contributed by atoms with Crippen molar-refractivity contribution >= 4 is 51.4 Å². The van der Waals surface area contributed by atoms with Gasteiger partial charge in [0.25, 0.3) is 5.91 Å². The molecule has 1 atom stereocenters. The van der Waals surface area contributed by atoms with Gasteiger partial charge in [-0.1, -0.05) is 29.8 Å². The molecule has 0 aliphatic carbocycles. The van der Waals surface area contributed by atoms with Gasteiger partial charge in [0, 0.05) is 30.2 Å². The van der Waals surface area contributed by atoms with E-state index in [0.29, 0.717) is 10.7 Å². The lowest BCUT2D eigenvalue weighted by Crippen LogP contribution is -2.56. The van der Waals surface area contributed by atoms with Gasteiger partial charge in [0.2, 0.25) is 11.8 Å². The highest BCUT2D eigenvalue weighted by molar-refractivity contribution is 9.10. The first-order valence-corrected chi connectivity index (χ1v) is 10.4. The number of benzene rings is 1. The van der Waals surface area contributed by atoms with Gasteiger partial charge in [-0.2, -0.15) is 5.01 Å². The van der Waals surface area contributed by atoms with Gasteiger partial charge in [-0.15, -0.1) is 0 Å². The summed E-state index contributed by atoms with van der Waals surface area (Å²) in [5, 5.41) is 10.8. The Balaban J connectivity index is 2.02. The quantitative estimate of drug-likeness (QED) is 0.269. The summed E-state index contributed by atoms with van der Waals surface area (Å²) in [4.78, 5) is 60.9. The average molecular weight is 497 g/mol. The van der Waals surface area contributed by atoms with Gasteiger partial charge in [-0.05, 0) is 30.2 Å². The first-order chi connectivity index (χ1) is 14.5. The van der Waals surface area contributed by atoms with E-state index < -0.39 is 35.3 Å². The molecule has 31 heavy (non-hydrogen) atoms. The summed E-state index contributed by atoms with van der Waals surface area (Å²) in [6.07, 6.45) is -0.318. The maximum Gasteiger partial charge on any atom is 0.344 e. The summed E-state index contributed by atoms with van der Waals surface area (Å²) in [5.41, 5.74) is 1.17. The highest BCUT2D eigenvalue weighted by Gasteiger charge is 2.55. The number of urea groups is 2. The Morgan fingerprint density at radius 3 is 2.29 bits per heavy atom. The second kappa shape index (κ2) is 10.2. The Kier molecular flexibility index (Phi) is 7.97. The van der Waals surface area contributed by atoms with Crippen molar-refractivity contribution in [3.05, 3.63) is 28.7 Å². The summed E-state index contributed by atoms with van der Waals surface area (Å²) in [6, 6.07) is 5.09. The first kappa shape index (κ1) is 24.1. The molecule has 1 aromatic carbocycles. The van der Waals surface area contributed by atoms with Gasteiger partial charge in [0.1, 0.15) is 5.54 Å². The molecule has 1 aliphatic heterocycles. The fourth-order valence-electron chi connectivity index (χ4n) is 2.96. The van der Waals surface area contributed by atoms with Crippen LogP contribution in [0, 0.1) is 5.92 Å². The maximum atomic E-state index is 13.0. The number of imide groups is 1. The van der Waals surface area contributed by atoms with Crippen LogP contribution in [0.15, 0.2) is 28.7 Å². The third kappa shape index (κ3) is 6.17. The number of nitrogens with one attached hydrogen (secondary N) is 5. The number of amides is 7. The predicted molar refractivity (Wildman–Crippen MR) is 116 cm³/mol. The van der Waals surface area contributed by atoms with Crippen LogP contribution in [-0.2, 0) is 14.4 Å². The molecule has 1 aliphatic rings. The fraction of sp³-hybridized carbons (Fsp3) is 0.421. The zero-order chi connectivity index (χ0) is 23.2. The Labute approximate surface area is 187 Å². The maximum absolute atomic E-state index is 13.0. The summed E-state index contributed by atoms with van der Waals surface area (Å²) in [6.45, 7) is 5.14. The van der Waals surface area contributed by atoms with Crippen molar-refractivity contribution in [2.45, 2.75) is 32.7 Å². The number of anilines is 1. The Bertz CT molecular complexity index is 875. The number of carbonyl (C=O) groups excluding carboxylic acids is 5. The fourth-order valence-corrected chi connectivity index (χ4v) is 3.22. The number of nitrogens with zero attached hydrogens (tertiary/aromatic N) is 1. The number of halogens is 1. The molecule has 12 heteroatoms. The summed E-state index contributed by atoms with van der Waals surface area (Å²) >= 11 is 3.28. The molecule has 0 radical (unpaired) electrons. The van der Waals surface area contributed by atoms with Crippen LogP contribution in [0.25, 0.3) is 0 Å². The average Bonchev–Trinajstić information content (AvgIpc) is 2.92. The number of hydrogen-bond acceptors (Lipinski definition) is 5. The highest BCUT2D eigenvalue weighted by Crippen LogP contribution is 2.28. The minimum absolute atomic E-state index is 0.173. The molecule has 2 rings (SSSR count). The molecule has 1 aromatic rings. The standard InChI is InChI=1S/C19H25BrN6O5/c1-11(2)19(10-15(28)22-9-8-21-12(3)27)16(29)26(18(31)24-19)25-17(30)23-14-6-4-13(20)5-7-14/h4-7,11H,8-10H2,1-3H3,(H,21,27)(H,22,28)(H,24,31)(H2,23,25,30). The lowest BCUT2D eigenvalue weighted by Gasteiger charge is -2.30. The Morgan fingerprint density at radius 2 is 1.71 bits per heavy atom. The second-order valence-electron chi connectivity index (χ2n) is 7.28. The van der Waals surface area contributed by atoms with Crippen molar-refractivity contribution in [2.24, 2.45) is 5.92 Å². The number of hydrogen-bond donors (Lipinski definition) is 5. The van der Waals surface area contributed by atoms with Crippen LogP contribution in [0.4, 0.5) is 15.3 Å². The Hall–Kier alpha value is -3.15. The van der Waals surface area contributed by atoms with E-state index in [1.165, 1.54) is 6.92 Å². The molecule has 1 unspecified atom stereocenters. The van der Waals surface area contributed by atoms with Crippen LogP contribution < -0.4 is 26.7 Å². The molecule has 0 spiro atoms. The van der Waals surface area contributed by atoms with E-state index in [1.54, 1.807) is 38.1 Å². The molecule has 1 saturated heterocycles. The van der Waals surface area contributed by atoms with Gasteiger partial charge in [0.05, 0.1) is 6.42 Å². The minimum atomic E-state index is -1.51. The van der Waals surface area contributed by atoms with Crippen molar-refractivity contribution in [2.75, 3.05) is 18.4 Å². The Morgan fingerprint density at radius 1 is 1.10 bits per heavy atom. The molecule has 11 nitrogen and oxygen atoms in total.